The molecule has 1 atom stereocenters. The molecule has 5 rings (SSSR count). The lowest BCUT2D eigenvalue weighted by molar-refractivity contribution is -0.117. The number of nitrogens with one attached hydrogen (secondary N) is 2. The topological polar surface area (TPSA) is 118 Å². The number of hydrogen-bond donors (Lipinski definition) is 2. The lowest BCUT2D eigenvalue weighted by atomic mass is 9.95. The summed E-state index contributed by atoms with van der Waals surface area (Å²) in [6, 6.07) is 4.41. The van der Waals surface area contributed by atoms with E-state index >= 15 is 0 Å². The van der Waals surface area contributed by atoms with Gasteiger partial charge >= 0.3 is 0 Å². The molecule has 1 amide bonds. The Hall–Kier alpha value is -2.33. The molecule has 0 aliphatic heterocycles. The minimum absolute atomic E-state index is 0.00432. The average molecular weight is 475 g/mol. The molecule has 0 saturated heterocycles. The van der Waals surface area contributed by atoms with Crippen LogP contribution in [0.4, 0.5) is 10.8 Å². The van der Waals surface area contributed by atoms with Crippen molar-refractivity contribution >= 4 is 44.1 Å². The second-order valence-corrected chi connectivity index (χ2v) is 11.6. The number of aliphatic imine (C=N–C) groups is 2. The van der Waals surface area contributed by atoms with Crippen molar-refractivity contribution in [2.45, 2.75) is 55.9 Å². The Balaban J connectivity index is 1.42. The third-order valence-corrected chi connectivity index (χ3v) is 8.97. The number of anilines is 1. The maximum Gasteiger partial charge on any atom is 0.243 e. The minimum atomic E-state index is -3.73. The van der Waals surface area contributed by atoms with E-state index in [1.807, 2.05) is 0 Å². The van der Waals surface area contributed by atoms with Crippen molar-refractivity contribution < 1.29 is 13.2 Å². The summed E-state index contributed by atoms with van der Waals surface area (Å²) in [5, 5.41) is 7.42. The van der Waals surface area contributed by atoms with Crippen LogP contribution in [0.1, 0.15) is 42.5 Å². The van der Waals surface area contributed by atoms with Crippen LogP contribution in [0.25, 0.3) is 0 Å². The van der Waals surface area contributed by atoms with Crippen molar-refractivity contribution in [3.63, 3.8) is 0 Å². The number of sulfonamides is 1. The summed E-state index contributed by atoms with van der Waals surface area (Å²) in [4.78, 5) is 22.3. The van der Waals surface area contributed by atoms with E-state index in [1.165, 1.54) is 11.3 Å². The molecular formula is C21H26N6O3S2. The van der Waals surface area contributed by atoms with Gasteiger partial charge in [0.2, 0.25) is 15.9 Å². The number of aromatic nitrogens is 2. The largest absolute Gasteiger partial charge is 0.316 e. The predicted octanol–water partition coefficient (Wildman–Crippen LogP) is 2.88. The van der Waals surface area contributed by atoms with E-state index in [-0.39, 0.29) is 22.8 Å². The molecule has 3 aliphatic rings. The van der Waals surface area contributed by atoms with Gasteiger partial charge in [0.25, 0.3) is 0 Å². The van der Waals surface area contributed by atoms with E-state index in [1.54, 1.807) is 24.0 Å². The van der Waals surface area contributed by atoms with Gasteiger partial charge in [-0.25, -0.2) is 18.1 Å². The number of carbonyl (C=O) groups excluding carboxylic acids is 1. The Morgan fingerprint density at radius 1 is 1.31 bits per heavy atom. The van der Waals surface area contributed by atoms with E-state index in [2.05, 4.69) is 31.1 Å². The number of thiophene rings is 1. The first-order chi connectivity index (χ1) is 15.4. The molecular weight excluding hydrogens is 448 g/mol. The Morgan fingerprint density at radius 3 is 2.81 bits per heavy atom. The average Bonchev–Trinajstić information content (AvgIpc) is 3.68. The van der Waals surface area contributed by atoms with Crippen LogP contribution in [0.3, 0.4) is 0 Å². The zero-order valence-corrected chi connectivity index (χ0v) is 19.5. The van der Waals surface area contributed by atoms with Crippen molar-refractivity contribution in [1.82, 2.24) is 14.5 Å². The molecule has 2 aromatic rings. The maximum atomic E-state index is 13.3. The molecule has 0 aromatic carbocycles. The normalized spacial score (nSPS) is 20.3. The molecule has 0 radical (unpaired) electrons. The van der Waals surface area contributed by atoms with Crippen LogP contribution >= 0.6 is 11.3 Å². The van der Waals surface area contributed by atoms with Gasteiger partial charge in [0.15, 0.2) is 5.82 Å². The molecule has 11 heteroatoms. The van der Waals surface area contributed by atoms with E-state index in [4.69, 9.17) is 0 Å². The van der Waals surface area contributed by atoms with Crippen LogP contribution < -0.4 is 10.0 Å². The van der Waals surface area contributed by atoms with Crippen LogP contribution in [-0.4, -0.2) is 42.7 Å². The molecule has 32 heavy (non-hydrogen) atoms. The number of aryl methyl sites for hydroxylation is 2. The van der Waals surface area contributed by atoms with Crippen molar-refractivity contribution in [1.29, 1.82) is 0 Å². The molecule has 3 aliphatic carbocycles. The van der Waals surface area contributed by atoms with Gasteiger partial charge in [-0.2, -0.15) is 10.1 Å². The number of hydrogen-bond acceptors (Lipinski definition) is 7. The number of carbonyl (C=O) groups is 1. The van der Waals surface area contributed by atoms with Crippen LogP contribution in [0.5, 0.6) is 0 Å². The second-order valence-electron chi connectivity index (χ2n) is 8.77. The zero-order chi connectivity index (χ0) is 22.3. The SMILES string of the molecule is Cn1nccc1N=C=N[C@H]1CCc2sc(NC(=O)C3CC3)c(S(=O)(=O)NCC3CC3)c2C1. The summed E-state index contributed by atoms with van der Waals surface area (Å²) in [5.74, 6) is 0.993. The molecule has 0 spiro atoms. The Morgan fingerprint density at radius 2 is 2.12 bits per heavy atom. The van der Waals surface area contributed by atoms with Crippen LogP contribution in [0.2, 0.25) is 0 Å². The van der Waals surface area contributed by atoms with Gasteiger partial charge in [-0.1, -0.05) is 0 Å². The lowest BCUT2D eigenvalue weighted by Crippen LogP contribution is -2.28. The number of amides is 1. The van der Waals surface area contributed by atoms with Gasteiger partial charge in [0.1, 0.15) is 9.90 Å². The Kier molecular flexibility index (Phi) is 5.75. The van der Waals surface area contributed by atoms with E-state index in [9.17, 15) is 13.2 Å². The quantitative estimate of drug-likeness (QED) is 0.572. The zero-order valence-electron chi connectivity index (χ0n) is 17.9. The van der Waals surface area contributed by atoms with Gasteiger partial charge in [0, 0.05) is 30.5 Å². The Labute approximate surface area is 191 Å². The summed E-state index contributed by atoms with van der Waals surface area (Å²) in [6.45, 7) is 0.446. The van der Waals surface area contributed by atoms with Crippen molar-refractivity contribution in [3.8, 4) is 0 Å². The third-order valence-electron chi connectivity index (χ3n) is 6.10. The fourth-order valence-corrected chi connectivity index (χ4v) is 6.92. The van der Waals surface area contributed by atoms with Crippen molar-refractivity contribution in [3.05, 3.63) is 22.7 Å². The summed E-state index contributed by atoms with van der Waals surface area (Å²) >= 11 is 1.39. The molecule has 2 N–H and O–H groups in total. The van der Waals surface area contributed by atoms with Gasteiger partial charge in [-0.05, 0) is 56.4 Å². The number of nitrogens with zero attached hydrogens (tertiary/aromatic N) is 4. The van der Waals surface area contributed by atoms with Crippen molar-refractivity contribution in [2.24, 2.45) is 28.9 Å². The standard InChI is InChI=1S/C21H26N6O3S2/c1-27-18(8-9-24-27)23-12-22-15-6-7-17-16(10-15)19(32(29,30)25-11-13-2-3-13)21(31-17)26-20(28)14-4-5-14/h8-9,13-15,25H,2-7,10-11H2,1H3,(H,26,28)/t15-/m0/s1. The predicted molar refractivity (Wildman–Crippen MR) is 122 cm³/mol. The third kappa shape index (κ3) is 4.71. The number of rotatable bonds is 8. The molecule has 2 saturated carbocycles. The monoisotopic (exact) mass is 474 g/mol. The molecule has 2 aromatic heterocycles. The number of fused-ring (bicyclic) bond motifs is 1. The van der Waals surface area contributed by atoms with Gasteiger partial charge in [-0.3, -0.25) is 9.48 Å². The lowest BCUT2D eigenvalue weighted by Gasteiger charge is -2.19. The summed E-state index contributed by atoms with van der Waals surface area (Å²) in [7, 11) is -1.94. The molecule has 0 unspecified atom stereocenters. The fourth-order valence-electron chi connectivity index (χ4n) is 3.83. The van der Waals surface area contributed by atoms with E-state index in [0.29, 0.717) is 36.1 Å². The first-order valence-corrected chi connectivity index (χ1v) is 13.3. The smallest absolute Gasteiger partial charge is 0.243 e. The van der Waals surface area contributed by atoms with E-state index in [0.717, 1.165) is 42.5 Å². The van der Waals surface area contributed by atoms with E-state index < -0.39 is 10.0 Å². The fraction of sp³-hybridized carbons (Fsp3) is 0.571. The highest BCUT2D eigenvalue weighted by atomic mass is 32.2. The maximum absolute atomic E-state index is 13.3. The highest BCUT2D eigenvalue weighted by molar-refractivity contribution is 7.90. The summed E-state index contributed by atoms with van der Waals surface area (Å²) in [6.07, 6.45) is 7.49. The highest BCUT2D eigenvalue weighted by Gasteiger charge is 2.36. The summed E-state index contributed by atoms with van der Waals surface area (Å²) < 4.78 is 30.9. The van der Waals surface area contributed by atoms with Crippen LogP contribution in [0, 0.1) is 11.8 Å². The molecule has 0 bridgehead atoms. The molecule has 9 nitrogen and oxygen atoms in total. The van der Waals surface area contributed by atoms with Crippen molar-refractivity contribution in [2.75, 3.05) is 11.9 Å². The molecule has 170 valence electrons. The summed E-state index contributed by atoms with van der Waals surface area (Å²) in [5.41, 5.74) is 0.770. The minimum Gasteiger partial charge on any atom is -0.316 e. The van der Waals surface area contributed by atoms with Gasteiger partial charge < -0.3 is 5.32 Å². The molecule has 2 heterocycles. The molecule has 2 fully saturated rings. The highest BCUT2D eigenvalue weighted by Crippen LogP contribution is 2.43. The van der Waals surface area contributed by atoms with Crippen LogP contribution in [0.15, 0.2) is 27.1 Å². The van der Waals surface area contributed by atoms with Gasteiger partial charge in [-0.15, -0.1) is 11.3 Å². The second kappa shape index (κ2) is 8.55. The first kappa shape index (κ1) is 21.5. The van der Waals surface area contributed by atoms with Gasteiger partial charge in [0.05, 0.1) is 18.2 Å². The Bertz CT molecular complexity index is 1200. The first-order valence-electron chi connectivity index (χ1n) is 11.0. The van der Waals surface area contributed by atoms with Crippen LogP contribution in [-0.2, 0) is 34.7 Å².